The minimum Gasteiger partial charge on any atom is -0.508 e. The molecule has 0 radical (unpaired) electrons. The first-order valence-electron chi connectivity index (χ1n) is 17.5. The molecule has 2 aromatic carbocycles. The number of aliphatic carboxylic acids is 1. The van der Waals surface area contributed by atoms with Crippen LogP contribution in [0.1, 0.15) is 86.1 Å². The van der Waals surface area contributed by atoms with Crippen molar-refractivity contribution in [2.45, 2.75) is 111 Å². The number of anilines is 2. The third-order valence-corrected chi connectivity index (χ3v) is 8.06. The molecule has 13 nitrogen and oxygen atoms in total. The van der Waals surface area contributed by atoms with Crippen LogP contribution < -0.4 is 31.9 Å². The Bertz CT molecular complexity index is 1380. The highest BCUT2D eigenvalue weighted by Gasteiger charge is 2.32. The summed E-state index contributed by atoms with van der Waals surface area (Å²) >= 11 is 0. The van der Waals surface area contributed by atoms with E-state index in [0.29, 0.717) is 37.3 Å². The molecule has 0 saturated heterocycles. The number of carboxylic acid groups (broad SMARTS) is 1. The highest BCUT2D eigenvalue weighted by molar-refractivity contribution is 5.96. The molecule has 0 aromatic heterocycles. The van der Waals surface area contributed by atoms with Crippen LogP contribution in [0.5, 0.6) is 5.75 Å². The monoisotopic (exact) mass is 698 g/mol. The second-order valence-corrected chi connectivity index (χ2v) is 14.2. The lowest BCUT2D eigenvalue weighted by atomic mass is 9.97. The van der Waals surface area contributed by atoms with E-state index in [-0.39, 0.29) is 36.6 Å². The highest BCUT2D eigenvalue weighted by Crippen LogP contribution is 2.24. The molecule has 2 aromatic rings. The maximum atomic E-state index is 14.1. The number of benzene rings is 2. The number of nitrogens with one attached hydrogen (secondary N) is 4. The first-order chi connectivity index (χ1) is 23.5. The maximum Gasteiger partial charge on any atom is 0.407 e. The van der Waals surface area contributed by atoms with Crippen LogP contribution in [0.25, 0.3) is 0 Å². The lowest BCUT2D eigenvalue weighted by Crippen LogP contribution is -2.56. The lowest BCUT2D eigenvalue weighted by molar-refractivity contribution is -0.142. The molecule has 0 spiro atoms. The van der Waals surface area contributed by atoms with Crippen LogP contribution in [0.4, 0.5) is 21.0 Å². The van der Waals surface area contributed by atoms with E-state index in [2.05, 4.69) is 21.3 Å². The largest absolute Gasteiger partial charge is 0.508 e. The van der Waals surface area contributed by atoms with Crippen molar-refractivity contribution in [3.63, 3.8) is 0 Å². The number of alkyl carbamates (subject to hydrolysis) is 1. The third-order valence-electron chi connectivity index (χ3n) is 8.06. The van der Waals surface area contributed by atoms with Crippen LogP contribution in [0, 0.1) is 11.8 Å². The van der Waals surface area contributed by atoms with E-state index in [4.69, 9.17) is 10.5 Å². The number of nitrogens with zero attached hydrogens (tertiary/aromatic N) is 1. The zero-order valence-electron chi connectivity index (χ0n) is 30.6. The zero-order valence-corrected chi connectivity index (χ0v) is 30.6. The fourth-order valence-corrected chi connectivity index (χ4v) is 5.19. The van der Waals surface area contributed by atoms with E-state index >= 15 is 0 Å². The average molecular weight is 699 g/mol. The van der Waals surface area contributed by atoms with Gasteiger partial charge in [0.05, 0.1) is 6.54 Å². The number of nitrogens with two attached hydrogens (primary N) is 1. The summed E-state index contributed by atoms with van der Waals surface area (Å²) < 4.78 is 5.46. The van der Waals surface area contributed by atoms with Crippen molar-refractivity contribution in [3.05, 3.63) is 54.1 Å². The number of phenols is 1. The Balaban J connectivity index is 2.37. The smallest absolute Gasteiger partial charge is 0.407 e. The van der Waals surface area contributed by atoms with E-state index in [1.54, 1.807) is 51.1 Å². The van der Waals surface area contributed by atoms with Crippen molar-refractivity contribution < 1.29 is 34.1 Å². The summed E-state index contributed by atoms with van der Waals surface area (Å²) in [6, 6.07) is 10.8. The molecule has 2 rings (SSSR count). The number of carbonyl (C=O) groups is 4. The molecule has 0 heterocycles. The quantitative estimate of drug-likeness (QED) is 0.0918. The minimum atomic E-state index is -1.14. The van der Waals surface area contributed by atoms with Gasteiger partial charge in [0, 0.05) is 24.0 Å². The first-order valence-corrected chi connectivity index (χ1v) is 17.5. The van der Waals surface area contributed by atoms with Crippen LogP contribution in [0.3, 0.4) is 0 Å². The summed E-state index contributed by atoms with van der Waals surface area (Å²) in [4.78, 5) is 53.5. The Morgan fingerprint density at radius 2 is 1.64 bits per heavy atom. The number of hydrogen-bond acceptors (Lipinski definition) is 8. The van der Waals surface area contributed by atoms with E-state index in [1.165, 1.54) is 17.0 Å². The van der Waals surface area contributed by atoms with Gasteiger partial charge in [0.1, 0.15) is 23.4 Å². The Hall–Kier alpha value is -4.52. The van der Waals surface area contributed by atoms with Crippen LogP contribution >= 0.6 is 0 Å². The molecule has 0 aliphatic heterocycles. The van der Waals surface area contributed by atoms with E-state index < -0.39 is 41.7 Å². The van der Waals surface area contributed by atoms with E-state index in [1.807, 2.05) is 33.8 Å². The van der Waals surface area contributed by atoms with Crippen molar-refractivity contribution in [2.24, 2.45) is 17.6 Å². The van der Waals surface area contributed by atoms with Gasteiger partial charge in [-0.15, -0.1) is 0 Å². The number of carbonyl (C=O) groups excluding carboxylic acids is 3. The SMILES string of the molecule is CC[C@H](C)[C@H](NC(=O)N(Cc1ccc(O)cc1)c1cccc(NC[C@H](CCCCN)NC(=O)OC(C)(C)C)c1)C(=O)N[C@@H](CC(C)C)C(=O)O. The van der Waals surface area contributed by atoms with E-state index in [0.717, 1.165) is 18.4 Å². The second kappa shape index (κ2) is 20.2. The van der Waals surface area contributed by atoms with Gasteiger partial charge < -0.3 is 42.0 Å². The molecule has 0 bridgehead atoms. The molecule has 50 heavy (non-hydrogen) atoms. The Kier molecular flexibility index (Phi) is 16.8. The number of hydrogen-bond donors (Lipinski definition) is 7. The number of unbranched alkanes of at least 4 members (excludes halogenated alkanes) is 1. The Labute approximate surface area is 296 Å². The molecule has 0 fully saturated rings. The van der Waals surface area contributed by atoms with Crippen molar-refractivity contribution >= 4 is 35.4 Å². The van der Waals surface area contributed by atoms with Gasteiger partial charge in [-0.25, -0.2) is 14.4 Å². The number of phenolic OH excluding ortho intramolecular Hbond substituents is 1. The standard InChI is InChI=1S/C37H58N6O7/c1-8-25(4)32(33(45)41-31(34(46)47)20-24(2)3)42-35(48)43(23-26-15-17-30(44)18-16-26)29-14-11-13-27(21-29)39-22-28(12-9-10-19-38)40-36(49)50-37(5,6)7/h11,13-18,21,24-25,28,31-32,39,44H,8-10,12,19-20,22-23,38H2,1-7H3,(H,40,49)(H,41,45)(H,42,48)(H,46,47)/t25-,28-,31-,32-/m0/s1. The fraction of sp³-hybridized carbons (Fsp3) is 0.568. The second-order valence-electron chi connectivity index (χ2n) is 14.2. The van der Waals surface area contributed by atoms with Crippen molar-refractivity contribution in [1.29, 1.82) is 0 Å². The van der Waals surface area contributed by atoms with Gasteiger partial charge >= 0.3 is 18.1 Å². The Morgan fingerprint density at radius 3 is 2.22 bits per heavy atom. The molecule has 0 aliphatic rings. The summed E-state index contributed by atoms with van der Waals surface area (Å²) in [5.41, 5.74) is 6.99. The number of ether oxygens (including phenoxy) is 1. The molecular formula is C37H58N6O7. The van der Waals surface area contributed by atoms with Gasteiger partial charge in [0.15, 0.2) is 0 Å². The van der Waals surface area contributed by atoms with Gasteiger partial charge in [-0.2, -0.15) is 0 Å². The first kappa shape index (κ1) is 41.7. The molecular weight excluding hydrogens is 640 g/mol. The summed E-state index contributed by atoms with van der Waals surface area (Å²) in [7, 11) is 0. The number of urea groups is 1. The number of amides is 4. The summed E-state index contributed by atoms with van der Waals surface area (Å²) in [5.74, 6) is -1.89. The maximum absolute atomic E-state index is 14.1. The van der Waals surface area contributed by atoms with Crippen molar-refractivity contribution in [2.75, 3.05) is 23.3 Å². The topological polar surface area (TPSA) is 195 Å². The normalized spacial score (nSPS) is 13.8. The summed E-state index contributed by atoms with van der Waals surface area (Å²) in [6.07, 6.45) is 2.60. The van der Waals surface area contributed by atoms with Crippen LogP contribution in [-0.2, 0) is 20.9 Å². The molecule has 0 aliphatic carbocycles. The zero-order chi connectivity index (χ0) is 37.4. The van der Waals surface area contributed by atoms with Crippen LogP contribution in [0.15, 0.2) is 48.5 Å². The summed E-state index contributed by atoms with van der Waals surface area (Å²) in [6.45, 7) is 13.9. The molecule has 0 unspecified atom stereocenters. The molecule has 8 N–H and O–H groups in total. The highest BCUT2D eigenvalue weighted by atomic mass is 16.6. The fourth-order valence-electron chi connectivity index (χ4n) is 5.19. The predicted molar refractivity (Wildman–Crippen MR) is 196 cm³/mol. The average Bonchev–Trinajstić information content (AvgIpc) is 3.04. The van der Waals surface area contributed by atoms with Gasteiger partial charge in [0.2, 0.25) is 5.91 Å². The molecule has 13 heteroatoms. The summed E-state index contributed by atoms with van der Waals surface area (Å²) in [5, 5.41) is 31.4. The lowest BCUT2D eigenvalue weighted by Gasteiger charge is -2.30. The van der Waals surface area contributed by atoms with Gasteiger partial charge in [0.25, 0.3) is 0 Å². The number of rotatable bonds is 19. The van der Waals surface area contributed by atoms with Crippen LogP contribution in [0.2, 0.25) is 0 Å². The molecule has 4 atom stereocenters. The number of aromatic hydroxyl groups is 1. The molecule has 278 valence electrons. The van der Waals surface area contributed by atoms with Crippen molar-refractivity contribution in [1.82, 2.24) is 16.0 Å². The predicted octanol–water partition coefficient (Wildman–Crippen LogP) is 5.57. The molecule has 4 amide bonds. The van der Waals surface area contributed by atoms with Crippen LogP contribution in [-0.4, -0.2) is 71.0 Å². The van der Waals surface area contributed by atoms with Gasteiger partial charge in [-0.05, 0) is 94.3 Å². The van der Waals surface area contributed by atoms with Gasteiger partial charge in [-0.1, -0.05) is 58.7 Å². The Morgan fingerprint density at radius 1 is 0.960 bits per heavy atom. The molecule has 0 saturated carbocycles. The van der Waals surface area contributed by atoms with E-state index in [9.17, 15) is 29.4 Å². The third kappa shape index (κ3) is 14.9. The minimum absolute atomic E-state index is 0.0315. The van der Waals surface area contributed by atoms with Gasteiger partial charge in [-0.3, -0.25) is 9.69 Å². The number of carboxylic acids is 1. The van der Waals surface area contributed by atoms with Crippen molar-refractivity contribution in [3.8, 4) is 5.75 Å².